The zero-order valence-electron chi connectivity index (χ0n) is 9.66. The van der Waals surface area contributed by atoms with Gasteiger partial charge in [0.05, 0.1) is 21.6 Å². The summed E-state index contributed by atoms with van der Waals surface area (Å²) in [5.41, 5.74) is 5.88. The molecule has 2 aromatic carbocycles. The molecule has 3 heteroatoms. The van der Waals surface area contributed by atoms with Crippen LogP contribution in [0.4, 0.5) is 0 Å². The molecule has 3 rings (SSSR count). The minimum atomic E-state index is 0.648. The Morgan fingerprint density at radius 2 is 1.53 bits per heavy atom. The van der Waals surface area contributed by atoms with Gasteiger partial charge in [-0.3, -0.25) is 0 Å². The second-order valence-electron chi connectivity index (χ2n) is 4.26. The molecule has 0 N–H and O–H groups in total. The van der Waals surface area contributed by atoms with Crippen molar-refractivity contribution in [2.45, 2.75) is 13.8 Å². The Morgan fingerprint density at radius 3 is 2.24 bits per heavy atom. The molecule has 1 aromatic heterocycles. The Labute approximate surface area is 104 Å². The van der Waals surface area contributed by atoms with E-state index in [1.807, 2.05) is 18.2 Å². The van der Waals surface area contributed by atoms with Gasteiger partial charge in [0.2, 0.25) is 0 Å². The normalized spacial score (nSPS) is 11.2. The quantitative estimate of drug-likeness (QED) is 0.556. The fraction of sp³-hybridized carbons (Fsp3) is 0.143. The van der Waals surface area contributed by atoms with Crippen molar-refractivity contribution >= 4 is 33.7 Å². The van der Waals surface area contributed by atoms with Crippen molar-refractivity contribution in [2.75, 3.05) is 0 Å². The van der Waals surface area contributed by atoms with Crippen LogP contribution in [0.1, 0.15) is 11.1 Å². The first-order chi connectivity index (χ1) is 8.15. The largest absolute Gasteiger partial charge is 0.244 e. The Hall–Kier alpha value is -1.67. The van der Waals surface area contributed by atoms with Crippen LogP contribution in [0.15, 0.2) is 30.3 Å². The summed E-state index contributed by atoms with van der Waals surface area (Å²) in [7, 11) is 0. The van der Waals surface area contributed by atoms with E-state index < -0.39 is 0 Å². The molecule has 0 saturated carbocycles. The predicted octanol–water partition coefficient (Wildman–Crippen LogP) is 4.05. The molecule has 0 saturated heterocycles. The van der Waals surface area contributed by atoms with Gasteiger partial charge in [0.1, 0.15) is 5.52 Å². The van der Waals surface area contributed by atoms with E-state index in [9.17, 15) is 0 Å². The number of rotatable bonds is 0. The first-order valence-electron chi connectivity index (χ1n) is 5.48. The number of aromatic nitrogens is 2. The lowest BCUT2D eigenvalue weighted by Gasteiger charge is -2.05. The van der Waals surface area contributed by atoms with Crippen LogP contribution in [-0.4, -0.2) is 9.97 Å². The van der Waals surface area contributed by atoms with E-state index in [1.165, 1.54) is 11.1 Å². The van der Waals surface area contributed by atoms with E-state index in [0.717, 1.165) is 22.1 Å². The zero-order valence-corrected chi connectivity index (χ0v) is 10.4. The Bertz CT molecular complexity index is 735. The molecule has 0 aliphatic heterocycles. The number of halogens is 1. The first kappa shape index (κ1) is 10.5. The number of benzene rings is 2. The highest BCUT2D eigenvalue weighted by Gasteiger charge is 2.05. The van der Waals surface area contributed by atoms with Gasteiger partial charge in [0.15, 0.2) is 0 Å². The standard InChI is InChI=1S/C14H11ClN2/c1-8-6-12-13(7-9(8)2)17-14-10(15)4-3-5-11(14)16-12/h3-7H,1-2H3. The Morgan fingerprint density at radius 1 is 0.882 bits per heavy atom. The van der Waals surface area contributed by atoms with Gasteiger partial charge in [-0.05, 0) is 49.2 Å². The number of hydrogen-bond acceptors (Lipinski definition) is 2. The number of hydrogen-bond donors (Lipinski definition) is 0. The van der Waals surface area contributed by atoms with Crippen LogP contribution in [0.2, 0.25) is 5.02 Å². The summed E-state index contributed by atoms with van der Waals surface area (Å²) < 4.78 is 0. The average Bonchev–Trinajstić information content (AvgIpc) is 2.29. The minimum absolute atomic E-state index is 0.648. The van der Waals surface area contributed by atoms with Crippen molar-refractivity contribution in [3.05, 3.63) is 46.5 Å². The lowest BCUT2D eigenvalue weighted by molar-refractivity contribution is 1.31. The first-order valence-corrected chi connectivity index (χ1v) is 5.86. The summed E-state index contributed by atoms with van der Waals surface area (Å²) in [5.74, 6) is 0. The molecule has 0 spiro atoms. The van der Waals surface area contributed by atoms with Crippen molar-refractivity contribution < 1.29 is 0 Å². The number of para-hydroxylation sites is 1. The van der Waals surface area contributed by atoms with Crippen molar-refractivity contribution in [2.24, 2.45) is 0 Å². The van der Waals surface area contributed by atoms with Crippen molar-refractivity contribution in [1.82, 2.24) is 9.97 Å². The van der Waals surface area contributed by atoms with E-state index in [1.54, 1.807) is 0 Å². The van der Waals surface area contributed by atoms with Gasteiger partial charge >= 0.3 is 0 Å². The molecule has 0 aliphatic carbocycles. The average molecular weight is 243 g/mol. The van der Waals surface area contributed by atoms with Crippen LogP contribution in [0.25, 0.3) is 22.1 Å². The molecule has 0 amide bonds. The molecule has 2 nitrogen and oxygen atoms in total. The van der Waals surface area contributed by atoms with Crippen LogP contribution in [0.5, 0.6) is 0 Å². The Balaban J connectivity index is 2.48. The zero-order chi connectivity index (χ0) is 12.0. The summed E-state index contributed by atoms with van der Waals surface area (Å²) >= 11 is 6.13. The van der Waals surface area contributed by atoms with Crippen LogP contribution in [0, 0.1) is 13.8 Å². The van der Waals surface area contributed by atoms with E-state index in [2.05, 4.69) is 35.9 Å². The minimum Gasteiger partial charge on any atom is -0.244 e. The van der Waals surface area contributed by atoms with Crippen LogP contribution in [0.3, 0.4) is 0 Å². The van der Waals surface area contributed by atoms with Gasteiger partial charge in [-0.2, -0.15) is 0 Å². The molecular formula is C14H11ClN2. The van der Waals surface area contributed by atoms with Gasteiger partial charge in [-0.25, -0.2) is 9.97 Å². The fourth-order valence-corrected chi connectivity index (χ4v) is 2.13. The second kappa shape index (κ2) is 3.67. The molecule has 0 radical (unpaired) electrons. The van der Waals surface area contributed by atoms with Gasteiger partial charge in [0, 0.05) is 0 Å². The Kier molecular flexibility index (Phi) is 2.26. The molecule has 3 aromatic rings. The third-order valence-electron chi connectivity index (χ3n) is 3.03. The molecule has 0 atom stereocenters. The topological polar surface area (TPSA) is 25.8 Å². The highest BCUT2D eigenvalue weighted by atomic mass is 35.5. The van der Waals surface area contributed by atoms with Crippen molar-refractivity contribution in [3.63, 3.8) is 0 Å². The number of nitrogens with zero attached hydrogens (tertiary/aromatic N) is 2. The van der Waals surface area contributed by atoms with Crippen LogP contribution >= 0.6 is 11.6 Å². The molecule has 0 fully saturated rings. The van der Waals surface area contributed by atoms with E-state index in [0.29, 0.717) is 5.02 Å². The maximum atomic E-state index is 6.13. The van der Waals surface area contributed by atoms with E-state index >= 15 is 0 Å². The lowest BCUT2D eigenvalue weighted by Crippen LogP contribution is -1.90. The van der Waals surface area contributed by atoms with Gasteiger partial charge in [-0.15, -0.1) is 0 Å². The van der Waals surface area contributed by atoms with Crippen molar-refractivity contribution in [1.29, 1.82) is 0 Å². The van der Waals surface area contributed by atoms with E-state index in [4.69, 9.17) is 11.6 Å². The van der Waals surface area contributed by atoms with Gasteiger partial charge < -0.3 is 0 Å². The molecule has 1 heterocycles. The SMILES string of the molecule is Cc1cc2nc3cccc(Cl)c3nc2cc1C. The molecule has 84 valence electrons. The van der Waals surface area contributed by atoms with Gasteiger partial charge in [0.25, 0.3) is 0 Å². The monoisotopic (exact) mass is 242 g/mol. The summed E-state index contributed by atoms with van der Waals surface area (Å²) in [6, 6.07) is 9.79. The van der Waals surface area contributed by atoms with Crippen molar-refractivity contribution in [3.8, 4) is 0 Å². The molecule has 0 bridgehead atoms. The van der Waals surface area contributed by atoms with Crippen LogP contribution < -0.4 is 0 Å². The third-order valence-corrected chi connectivity index (χ3v) is 3.33. The van der Waals surface area contributed by atoms with E-state index in [-0.39, 0.29) is 0 Å². The summed E-state index contributed by atoms with van der Waals surface area (Å²) in [6.45, 7) is 4.16. The lowest BCUT2D eigenvalue weighted by atomic mass is 10.1. The smallest absolute Gasteiger partial charge is 0.108 e. The molecule has 17 heavy (non-hydrogen) atoms. The second-order valence-corrected chi connectivity index (χ2v) is 4.66. The summed E-state index contributed by atoms with van der Waals surface area (Å²) in [4.78, 5) is 9.18. The van der Waals surface area contributed by atoms with Gasteiger partial charge in [-0.1, -0.05) is 17.7 Å². The maximum Gasteiger partial charge on any atom is 0.108 e. The third kappa shape index (κ3) is 1.65. The molecular weight excluding hydrogens is 232 g/mol. The summed E-state index contributed by atoms with van der Waals surface area (Å²) in [5, 5.41) is 0.648. The fourth-order valence-electron chi connectivity index (χ4n) is 1.92. The summed E-state index contributed by atoms with van der Waals surface area (Å²) in [6.07, 6.45) is 0. The number of fused-ring (bicyclic) bond motifs is 2. The molecule has 0 unspecified atom stereocenters. The predicted molar refractivity (Wildman–Crippen MR) is 71.5 cm³/mol. The maximum absolute atomic E-state index is 6.13. The highest BCUT2D eigenvalue weighted by molar-refractivity contribution is 6.35. The molecule has 0 aliphatic rings. The van der Waals surface area contributed by atoms with Crippen LogP contribution in [-0.2, 0) is 0 Å². The highest BCUT2D eigenvalue weighted by Crippen LogP contribution is 2.24. The number of aryl methyl sites for hydroxylation is 2.